The summed E-state index contributed by atoms with van der Waals surface area (Å²) in [5, 5.41) is 13.0. The Morgan fingerprint density at radius 2 is 1.33 bits per heavy atom. The molecule has 2 aliphatic heterocycles. The summed E-state index contributed by atoms with van der Waals surface area (Å²) in [6.07, 6.45) is -3.58. The molecule has 1 fully saturated rings. The zero-order chi connectivity index (χ0) is 36.0. The van der Waals surface area contributed by atoms with E-state index in [0.29, 0.717) is 39.7 Å². The van der Waals surface area contributed by atoms with Crippen molar-refractivity contribution in [2.24, 2.45) is 11.8 Å². The topological polar surface area (TPSA) is 182 Å². The van der Waals surface area contributed by atoms with Gasteiger partial charge in [0.1, 0.15) is 17.1 Å². The monoisotopic (exact) mass is 711 g/mol. The Hall–Kier alpha value is -5.57. The maximum absolute atomic E-state index is 14.1. The molecule has 7 atom stereocenters. The second-order valence-corrected chi connectivity index (χ2v) is 12.5. The molecule has 2 aliphatic rings. The molecule has 1 saturated heterocycles. The smallest absolute Gasteiger partial charge is 0.412 e. The van der Waals surface area contributed by atoms with Gasteiger partial charge >= 0.3 is 18.0 Å². The first-order chi connectivity index (χ1) is 25.4. The van der Waals surface area contributed by atoms with Crippen LogP contribution in [0.15, 0.2) is 99.8 Å². The van der Waals surface area contributed by atoms with Gasteiger partial charge in [-0.25, -0.2) is 14.8 Å². The summed E-state index contributed by atoms with van der Waals surface area (Å²) >= 11 is 0. The predicted molar refractivity (Wildman–Crippen MR) is 184 cm³/mol. The van der Waals surface area contributed by atoms with E-state index in [1.165, 1.54) is 7.11 Å². The summed E-state index contributed by atoms with van der Waals surface area (Å²) in [6, 6.07) is 23.1. The average molecular weight is 712 g/mol. The third-order valence-electron chi connectivity index (χ3n) is 8.96. The third kappa shape index (κ3) is 7.83. The summed E-state index contributed by atoms with van der Waals surface area (Å²) in [6.45, 7) is -0.646. The summed E-state index contributed by atoms with van der Waals surface area (Å²) in [7, 11) is 1.32. The lowest BCUT2D eigenvalue weighted by Gasteiger charge is -2.44. The minimum Gasteiger partial charge on any atom is -0.454 e. The highest BCUT2D eigenvalue weighted by molar-refractivity contribution is 5.84. The van der Waals surface area contributed by atoms with Crippen LogP contribution in [0.2, 0.25) is 0 Å². The van der Waals surface area contributed by atoms with Crippen LogP contribution < -0.4 is 5.32 Å². The quantitative estimate of drug-likeness (QED) is 0.123. The number of aromatic nitrogens is 2. The Bertz CT molecular complexity index is 1980. The van der Waals surface area contributed by atoms with E-state index in [4.69, 9.17) is 32.5 Å². The lowest BCUT2D eigenvalue weighted by atomic mass is 9.95. The van der Waals surface area contributed by atoms with E-state index in [1.54, 1.807) is 54.6 Å². The van der Waals surface area contributed by atoms with Gasteiger partial charge in [-0.05, 0) is 49.2 Å². The molecule has 0 unspecified atom stereocenters. The number of ether oxygens (including phenoxy) is 5. The Morgan fingerprint density at radius 3 is 1.87 bits per heavy atom. The first-order valence-corrected chi connectivity index (χ1v) is 16.9. The van der Waals surface area contributed by atoms with Gasteiger partial charge in [-0.15, -0.1) is 0 Å². The number of oxazole rings is 2. The van der Waals surface area contributed by atoms with E-state index in [1.807, 2.05) is 36.4 Å². The number of allylic oxidation sites excluding steroid dienone is 2. The molecule has 0 saturated carbocycles. The molecule has 1 amide bonds. The molecular formula is C38H37N3O11. The van der Waals surface area contributed by atoms with Gasteiger partial charge in [0.2, 0.25) is 0 Å². The fourth-order valence-corrected chi connectivity index (χ4v) is 6.35. The van der Waals surface area contributed by atoms with Crippen molar-refractivity contribution >= 4 is 45.9 Å². The summed E-state index contributed by atoms with van der Waals surface area (Å²) in [5.41, 5.74) is 2.87. The molecule has 52 heavy (non-hydrogen) atoms. The largest absolute Gasteiger partial charge is 0.454 e. The lowest BCUT2D eigenvalue weighted by molar-refractivity contribution is -0.300. The summed E-state index contributed by atoms with van der Waals surface area (Å²) in [5.74, 6) is -2.32. The van der Waals surface area contributed by atoms with Crippen LogP contribution in [0.25, 0.3) is 22.2 Å². The number of aliphatic hydroxyl groups excluding tert-OH is 1. The highest BCUT2D eigenvalue weighted by Gasteiger charge is 2.53. The number of aliphatic hydroxyl groups is 1. The van der Waals surface area contributed by atoms with Crippen LogP contribution >= 0.6 is 0 Å². The summed E-state index contributed by atoms with van der Waals surface area (Å²) in [4.78, 5) is 50.4. The number of para-hydroxylation sites is 5. The van der Waals surface area contributed by atoms with Crippen LogP contribution in [0.4, 0.5) is 10.5 Å². The van der Waals surface area contributed by atoms with Crippen molar-refractivity contribution in [3.63, 3.8) is 0 Å². The second kappa shape index (κ2) is 15.8. The molecule has 2 N–H and O–H groups in total. The molecule has 14 nitrogen and oxygen atoms in total. The molecule has 3 aromatic carbocycles. The van der Waals surface area contributed by atoms with Crippen molar-refractivity contribution in [1.82, 2.24) is 9.97 Å². The molecule has 7 rings (SSSR count). The Kier molecular flexibility index (Phi) is 10.6. The van der Waals surface area contributed by atoms with Crippen molar-refractivity contribution in [1.29, 1.82) is 0 Å². The molecule has 270 valence electrons. The zero-order valence-corrected chi connectivity index (χ0v) is 28.2. The van der Waals surface area contributed by atoms with Gasteiger partial charge in [-0.3, -0.25) is 14.9 Å². The van der Waals surface area contributed by atoms with E-state index < -0.39 is 67.2 Å². The van der Waals surface area contributed by atoms with Gasteiger partial charge in [0.05, 0.1) is 18.4 Å². The molecule has 4 heterocycles. The van der Waals surface area contributed by atoms with Crippen LogP contribution in [0, 0.1) is 11.8 Å². The number of esters is 2. The standard InChI is InChI=1S/C38H37N3O11/c1-46-37-34-33(32(29(21-42)49-37)52-38(45)39-24-13-3-2-4-14-24)50-35(43)22(19-30-40-25-15-7-9-17-27(25)47-30)11-5-6-12-23(36(44)51-34)20-31-41-26-16-8-10-18-28(26)48-31/h2-10,13-18,22-23,29,32-34,37,42H,11-12,19-21H2,1H3,(H,39,45)/t22-,23-,29+,32+,33-,34-,37-/m0/s1. The van der Waals surface area contributed by atoms with Crippen LogP contribution in [0.5, 0.6) is 0 Å². The third-order valence-corrected chi connectivity index (χ3v) is 8.96. The van der Waals surface area contributed by atoms with E-state index >= 15 is 0 Å². The fourth-order valence-electron chi connectivity index (χ4n) is 6.35. The van der Waals surface area contributed by atoms with Crippen molar-refractivity contribution in [3.05, 3.63) is 103 Å². The Morgan fingerprint density at radius 1 is 0.788 bits per heavy atom. The van der Waals surface area contributed by atoms with Gasteiger partial charge in [0.15, 0.2) is 47.5 Å². The van der Waals surface area contributed by atoms with Gasteiger partial charge in [0.25, 0.3) is 0 Å². The van der Waals surface area contributed by atoms with Gasteiger partial charge in [-0.2, -0.15) is 0 Å². The minimum absolute atomic E-state index is 0.0784. The number of carbonyl (C=O) groups is 3. The highest BCUT2D eigenvalue weighted by Crippen LogP contribution is 2.33. The zero-order valence-electron chi connectivity index (χ0n) is 28.2. The number of anilines is 1. The summed E-state index contributed by atoms with van der Waals surface area (Å²) < 4.78 is 41.4. The van der Waals surface area contributed by atoms with Crippen molar-refractivity contribution in [2.75, 3.05) is 19.0 Å². The number of nitrogens with one attached hydrogen (secondary N) is 1. The number of fused-ring (bicyclic) bond motifs is 3. The maximum Gasteiger partial charge on any atom is 0.412 e. The number of benzene rings is 3. The van der Waals surface area contributed by atoms with E-state index in [-0.39, 0.29) is 25.7 Å². The molecule has 14 heteroatoms. The van der Waals surface area contributed by atoms with Gasteiger partial charge < -0.3 is 37.6 Å². The number of amides is 1. The van der Waals surface area contributed by atoms with Crippen LogP contribution in [-0.2, 0) is 46.1 Å². The van der Waals surface area contributed by atoms with Crippen molar-refractivity contribution < 1.29 is 52.0 Å². The molecule has 0 spiro atoms. The molecule has 0 radical (unpaired) electrons. The molecule has 0 aliphatic carbocycles. The van der Waals surface area contributed by atoms with Crippen LogP contribution in [0.3, 0.4) is 0 Å². The number of hydrogen-bond donors (Lipinski definition) is 2. The Balaban J connectivity index is 1.22. The fraction of sp³-hybridized carbons (Fsp3) is 0.342. The number of nitrogens with zero attached hydrogens (tertiary/aromatic N) is 2. The first kappa shape index (κ1) is 34.9. The number of rotatable bonds is 8. The van der Waals surface area contributed by atoms with Crippen LogP contribution in [-0.4, -0.2) is 77.5 Å². The Labute approximate surface area is 297 Å². The molecule has 0 bridgehead atoms. The number of carbonyl (C=O) groups excluding carboxylic acids is 3. The second-order valence-electron chi connectivity index (χ2n) is 12.5. The number of methoxy groups -OCH3 is 1. The average Bonchev–Trinajstić information content (AvgIpc) is 3.76. The molecule has 2 aromatic heterocycles. The predicted octanol–water partition coefficient (Wildman–Crippen LogP) is 5.14. The minimum atomic E-state index is -1.46. The van der Waals surface area contributed by atoms with E-state index in [0.717, 1.165) is 0 Å². The van der Waals surface area contributed by atoms with Gasteiger partial charge in [0, 0.05) is 25.6 Å². The van der Waals surface area contributed by atoms with Crippen molar-refractivity contribution in [2.45, 2.75) is 56.4 Å². The first-order valence-electron chi connectivity index (χ1n) is 16.9. The van der Waals surface area contributed by atoms with Gasteiger partial charge in [-0.1, -0.05) is 54.6 Å². The highest BCUT2D eigenvalue weighted by atomic mass is 16.7. The lowest BCUT2D eigenvalue weighted by Crippen LogP contribution is -2.63. The SMILES string of the molecule is CO[C@H]1O[C@H](CO)[C@@H](OC(=O)Nc2ccccc2)[C@@H]2OC(=O)[C@H](Cc3nc4ccccc4o3)CC=CC[C@@H](Cc3nc4ccccc4o3)C(=O)O[C@H]12. The van der Waals surface area contributed by atoms with Crippen LogP contribution in [0.1, 0.15) is 24.6 Å². The normalized spacial score (nSPS) is 25.4. The molecule has 5 aromatic rings. The van der Waals surface area contributed by atoms with E-state index in [2.05, 4.69) is 15.3 Å². The number of hydrogen-bond acceptors (Lipinski definition) is 13. The van der Waals surface area contributed by atoms with Crippen molar-refractivity contribution in [3.8, 4) is 0 Å². The molecular weight excluding hydrogens is 674 g/mol. The maximum atomic E-state index is 14.1. The van der Waals surface area contributed by atoms with E-state index in [9.17, 15) is 19.5 Å².